The van der Waals surface area contributed by atoms with Crippen molar-refractivity contribution in [2.45, 2.75) is 6.92 Å². The van der Waals surface area contributed by atoms with E-state index in [0.717, 1.165) is 66.6 Å². The number of aromatic nitrogens is 4. The number of oxazole rings is 1. The van der Waals surface area contributed by atoms with Gasteiger partial charge in [0.25, 0.3) is 0 Å². The molecule has 9 rings (SSSR count). The SMILES string of the molecule is Cc1ccc(-c2ccc(-n3c4ccc(-c5nc6ccccc6[nH]5)cc4c4cc(-c5nc6ccccc6o5)ccc43)cc2)cc1. The predicted octanol–water partition coefficient (Wildman–Crippen LogP) is 10.1. The summed E-state index contributed by atoms with van der Waals surface area (Å²) in [5, 5.41) is 2.26. The number of benzene rings is 6. The number of aromatic amines is 1. The van der Waals surface area contributed by atoms with Gasteiger partial charge in [-0.15, -0.1) is 0 Å². The Morgan fingerprint density at radius 3 is 1.91 bits per heavy atom. The van der Waals surface area contributed by atoms with E-state index in [1.165, 1.54) is 16.7 Å². The number of H-pyrrole nitrogens is 1. The summed E-state index contributed by atoms with van der Waals surface area (Å²) in [6, 6.07) is 46.6. The maximum absolute atomic E-state index is 6.16. The van der Waals surface area contributed by atoms with Crippen molar-refractivity contribution in [1.29, 1.82) is 0 Å². The van der Waals surface area contributed by atoms with Crippen molar-refractivity contribution in [3.8, 4) is 39.7 Å². The minimum atomic E-state index is 0.616. The summed E-state index contributed by atoms with van der Waals surface area (Å²) in [5.41, 5.74) is 12.6. The van der Waals surface area contributed by atoms with Crippen LogP contribution in [0.4, 0.5) is 0 Å². The highest BCUT2D eigenvalue weighted by atomic mass is 16.3. The zero-order valence-corrected chi connectivity index (χ0v) is 24.0. The fraction of sp³-hybridized carbons (Fsp3) is 0.0256. The molecule has 0 aliphatic rings. The van der Waals surface area contributed by atoms with Gasteiger partial charge in [0.15, 0.2) is 5.58 Å². The first kappa shape index (κ1) is 24.6. The van der Waals surface area contributed by atoms with Crippen LogP contribution >= 0.6 is 0 Å². The van der Waals surface area contributed by atoms with Crippen LogP contribution in [0.25, 0.3) is 83.6 Å². The molecule has 0 aliphatic carbocycles. The van der Waals surface area contributed by atoms with Gasteiger partial charge in [-0.3, -0.25) is 0 Å². The van der Waals surface area contributed by atoms with Crippen molar-refractivity contribution in [3.05, 3.63) is 139 Å². The van der Waals surface area contributed by atoms with Crippen LogP contribution in [0.1, 0.15) is 5.56 Å². The molecule has 5 nitrogen and oxygen atoms in total. The molecule has 44 heavy (non-hydrogen) atoms. The van der Waals surface area contributed by atoms with Gasteiger partial charge in [-0.05, 0) is 90.8 Å². The summed E-state index contributed by atoms with van der Waals surface area (Å²) in [7, 11) is 0. The molecule has 0 unspecified atom stereocenters. The minimum absolute atomic E-state index is 0.616. The summed E-state index contributed by atoms with van der Waals surface area (Å²) >= 11 is 0. The number of rotatable bonds is 4. The third-order valence-electron chi connectivity index (χ3n) is 8.48. The highest BCUT2D eigenvalue weighted by Gasteiger charge is 2.17. The van der Waals surface area contributed by atoms with Crippen LogP contribution in [0.3, 0.4) is 0 Å². The van der Waals surface area contributed by atoms with Crippen molar-refractivity contribution in [3.63, 3.8) is 0 Å². The predicted molar refractivity (Wildman–Crippen MR) is 179 cm³/mol. The Bertz CT molecular complexity index is 2300. The second kappa shape index (κ2) is 9.54. The second-order valence-corrected chi connectivity index (χ2v) is 11.3. The maximum atomic E-state index is 6.16. The standard InChI is InChI=1S/C39H26N4O/c1-24-10-12-25(13-11-24)26-14-18-29(19-15-26)43-35-20-16-27(38-40-32-6-2-3-7-33(32)41-38)22-30(35)31-23-28(17-21-36(31)43)39-42-34-8-4-5-9-37(34)44-39/h2-23H,1H3,(H,40,41). The first-order valence-electron chi connectivity index (χ1n) is 14.7. The average molecular weight is 567 g/mol. The molecule has 208 valence electrons. The molecule has 6 aromatic carbocycles. The highest BCUT2D eigenvalue weighted by Crippen LogP contribution is 2.38. The molecule has 3 heterocycles. The molecule has 0 atom stereocenters. The summed E-state index contributed by atoms with van der Waals surface area (Å²) < 4.78 is 8.50. The first-order valence-corrected chi connectivity index (χ1v) is 14.7. The number of hydrogen-bond donors (Lipinski definition) is 1. The minimum Gasteiger partial charge on any atom is -0.436 e. The number of nitrogens with zero attached hydrogens (tertiary/aromatic N) is 3. The normalized spacial score (nSPS) is 11.8. The van der Waals surface area contributed by atoms with Gasteiger partial charge < -0.3 is 14.0 Å². The van der Waals surface area contributed by atoms with Crippen molar-refractivity contribution in [2.75, 3.05) is 0 Å². The van der Waals surface area contributed by atoms with Gasteiger partial charge in [0.2, 0.25) is 5.89 Å². The largest absolute Gasteiger partial charge is 0.436 e. The number of para-hydroxylation sites is 4. The lowest BCUT2D eigenvalue weighted by Crippen LogP contribution is -1.94. The van der Waals surface area contributed by atoms with Crippen molar-refractivity contribution in [1.82, 2.24) is 19.5 Å². The van der Waals surface area contributed by atoms with E-state index in [1.54, 1.807) is 0 Å². The van der Waals surface area contributed by atoms with E-state index in [2.05, 4.69) is 107 Å². The molecule has 5 heteroatoms. The fourth-order valence-electron chi connectivity index (χ4n) is 6.22. The van der Waals surface area contributed by atoms with Crippen molar-refractivity contribution in [2.24, 2.45) is 0 Å². The smallest absolute Gasteiger partial charge is 0.227 e. The Morgan fingerprint density at radius 1 is 0.568 bits per heavy atom. The Labute approximate surface area is 253 Å². The number of aryl methyl sites for hydroxylation is 1. The van der Waals surface area contributed by atoms with Gasteiger partial charge in [-0.2, -0.15) is 0 Å². The average Bonchev–Trinajstić information content (AvgIpc) is 3.78. The zero-order chi connectivity index (χ0) is 29.2. The van der Waals surface area contributed by atoms with Gasteiger partial charge >= 0.3 is 0 Å². The Balaban J connectivity index is 1.24. The zero-order valence-electron chi connectivity index (χ0n) is 24.0. The lowest BCUT2D eigenvalue weighted by Gasteiger charge is -2.10. The lowest BCUT2D eigenvalue weighted by molar-refractivity contribution is 0.620. The third-order valence-corrected chi connectivity index (χ3v) is 8.48. The third kappa shape index (κ3) is 3.94. The number of nitrogens with one attached hydrogen (secondary N) is 1. The topological polar surface area (TPSA) is 59.6 Å². The van der Waals surface area contributed by atoms with E-state index >= 15 is 0 Å². The van der Waals surface area contributed by atoms with E-state index in [-0.39, 0.29) is 0 Å². The molecule has 0 amide bonds. The molecule has 9 aromatic rings. The number of fused-ring (bicyclic) bond motifs is 5. The molecule has 3 aromatic heterocycles. The monoisotopic (exact) mass is 566 g/mol. The molecule has 0 bridgehead atoms. The molecule has 0 saturated carbocycles. The molecule has 0 saturated heterocycles. The summed E-state index contributed by atoms with van der Waals surface area (Å²) in [5.74, 6) is 1.47. The molecule has 1 N–H and O–H groups in total. The van der Waals surface area contributed by atoms with Crippen molar-refractivity contribution >= 4 is 43.9 Å². The van der Waals surface area contributed by atoms with E-state index in [0.29, 0.717) is 5.89 Å². The van der Waals surface area contributed by atoms with Crippen LogP contribution < -0.4 is 0 Å². The number of imidazole rings is 1. The van der Waals surface area contributed by atoms with Gasteiger partial charge in [-0.1, -0.05) is 66.2 Å². The van der Waals surface area contributed by atoms with Crippen LogP contribution in [0.15, 0.2) is 138 Å². The lowest BCUT2D eigenvalue weighted by atomic mass is 10.0. The Hall–Kier alpha value is -5.94. The van der Waals surface area contributed by atoms with E-state index in [9.17, 15) is 0 Å². The van der Waals surface area contributed by atoms with Crippen LogP contribution in [0, 0.1) is 6.92 Å². The molecule has 0 fully saturated rings. The molecule has 0 spiro atoms. The highest BCUT2D eigenvalue weighted by molar-refractivity contribution is 6.11. The Morgan fingerprint density at radius 2 is 1.18 bits per heavy atom. The van der Waals surface area contributed by atoms with E-state index < -0.39 is 0 Å². The Kier molecular flexibility index (Phi) is 5.34. The maximum Gasteiger partial charge on any atom is 0.227 e. The molecular weight excluding hydrogens is 540 g/mol. The summed E-state index contributed by atoms with van der Waals surface area (Å²) in [6.07, 6.45) is 0. The molecule has 0 aliphatic heterocycles. The summed E-state index contributed by atoms with van der Waals surface area (Å²) in [6.45, 7) is 2.12. The number of hydrogen-bond acceptors (Lipinski definition) is 3. The van der Waals surface area contributed by atoms with Crippen LogP contribution in [-0.2, 0) is 0 Å². The van der Waals surface area contributed by atoms with Crippen LogP contribution in [0.2, 0.25) is 0 Å². The summed E-state index contributed by atoms with van der Waals surface area (Å²) in [4.78, 5) is 13.2. The van der Waals surface area contributed by atoms with Crippen LogP contribution in [0.5, 0.6) is 0 Å². The first-order chi connectivity index (χ1) is 21.7. The quantitative estimate of drug-likeness (QED) is 0.231. The fourth-order valence-corrected chi connectivity index (χ4v) is 6.22. The van der Waals surface area contributed by atoms with Gasteiger partial charge in [0.05, 0.1) is 22.1 Å². The van der Waals surface area contributed by atoms with Crippen molar-refractivity contribution < 1.29 is 4.42 Å². The van der Waals surface area contributed by atoms with E-state index in [1.807, 2.05) is 42.5 Å². The van der Waals surface area contributed by atoms with Crippen LogP contribution in [-0.4, -0.2) is 19.5 Å². The van der Waals surface area contributed by atoms with Gasteiger partial charge in [-0.25, -0.2) is 9.97 Å². The second-order valence-electron chi connectivity index (χ2n) is 11.3. The van der Waals surface area contributed by atoms with Gasteiger partial charge in [0.1, 0.15) is 11.3 Å². The molecule has 0 radical (unpaired) electrons. The van der Waals surface area contributed by atoms with Gasteiger partial charge in [0, 0.05) is 27.6 Å². The van der Waals surface area contributed by atoms with E-state index in [4.69, 9.17) is 14.4 Å². The molecular formula is C39H26N4O.